The number of anilines is 1. The van der Waals surface area contributed by atoms with E-state index in [-0.39, 0.29) is 17.5 Å². The Morgan fingerprint density at radius 2 is 1.59 bits per heavy atom. The summed E-state index contributed by atoms with van der Waals surface area (Å²) in [4.78, 5) is 27.1. The lowest BCUT2D eigenvalue weighted by Gasteiger charge is -2.35. The fraction of sp³-hybridized carbons (Fsp3) is 0.650. The number of nitrogens with zero attached hydrogens (tertiary/aromatic N) is 3. The number of nitro benzene ring substituents is 1. The summed E-state index contributed by atoms with van der Waals surface area (Å²) in [5, 5.41) is 11.3. The van der Waals surface area contributed by atoms with Crippen molar-refractivity contribution in [2.24, 2.45) is 5.92 Å². The van der Waals surface area contributed by atoms with Crippen molar-refractivity contribution in [1.29, 1.82) is 0 Å². The van der Waals surface area contributed by atoms with Crippen LogP contribution in [0.15, 0.2) is 18.2 Å². The van der Waals surface area contributed by atoms with Gasteiger partial charge in [-0.3, -0.25) is 14.9 Å². The first-order valence-corrected chi connectivity index (χ1v) is 10.2. The van der Waals surface area contributed by atoms with E-state index in [2.05, 4.69) is 0 Å². The van der Waals surface area contributed by atoms with Crippen molar-refractivity contribution in [3.05, 3.63) is 33.9 Å². The fourth-order valence-electron chi connectivity index (χ4n) is 4.21. The van der Waals surface area contributed by atoms with Crippen LogP contribution in [-0.4, -0.2) is 41.9 Å². The number of carbonyl (C=O) groups is 1. The molecule has 0 bridgehead atoms. The molecule has 0 saturated carbocycles. The number of hydrogen-bond donors (Lipinski definition) is 0. The lowest BCUT2D eigenvalue weighted by atomic mass is 9.94. The van der Waals surface area contributed by atoms with Crippen molar-refractivity contribution in [3.63, 3.8) is 0 Å². The molecule has 2 aliphatic rings. The molecule has 0 radical (unpaired) electrons. The van der Waals surface area contributed by atoms with E-state index in [1.54, 1.807) is 4.90 Å². The highest BCUT2D eigenvalue weighted by atomic mass is 19.4. The van der Waals surface area contributed by atoms with E-state index in [1.165, 1.54) is 12.5 Å². The van der Waals surface area contributed by atoms with Gasteiger partial charge in [-0.05, 0) is 37.8 Å². The molecule has 0 spiro atoms. The van der Waals surface area contributed by atoms with Crippen LogP contribution in [-0.2, 0) is 11.0 Å². The molecule has 1 amide bonds. The first kappa shape index (κ1) is 21.4. The summed E-state index contributed by atoms with van der Waals surface area (Å²) in [6.07, 6.45) is 1.99. The quantitative estimate of drug-likeness (QED) is 0.536. The molecule has 2 fully saturated rings. The van der Waals surface area contributed by atoms with Crippen LogP contribution in [0.5, 0.6) is 0 Å². The first-order chi connectivity index (χ1) is 13.8. The fourth-order valence-corrected chi connectivity index (χ4v) is 4.21. The second kappa shape index (κ2) is 9.00. The standard InChI is InChI=1S/C20H26F3N3O3/c21-20(22,23)16-6-7-17(18(14-16)26(28)29)24-12-8-15(9-13-24)19(27)25-10-4-2-1-3-5-11-25/h6-7,14-15H,1-5,8-13H2. The zero-order chi connectivity index (χ0) is 21.0. The Bertz CT molecular complexity index is 738. The van der Waals surface area contributed by atoms with Gasteiger partial charge in [0, 0.05) is 38.2 Å². The van der Waals surface area contributed by atoms with Crippen LogP contribution in [0.2, 0.25) is 0 Å². The molecule has 1 aromatic rings. The van der Waals surface area contributed by atoms with Crippen molar-refractivity contribution in [2.45, 2.75) is 51.1 Å². The number of amides is 1. The Morgan fingerprint density at radius 3 is 2.14 bits per heavy atom. The van der Waals surface area contributed by atoms with Crippen LogP contribution in [0.1, 0.15) is 50.5 Å². The van der Waals surface area contributed by atoms with Crippen molar-refractivity contribution >= 4 is 17.3 Å². The Labute approximate surface area is 167 Å². The lowest BCUT2D eigenvalue weighted by Crippen LogP contribution is -2.43. The van der Waals surface area contributed by atoms with Crippen molar-refractivity contribution in [1.82, 2.24) is 4.90 Å². The molecular formula is C20H26F3N3O3. The molecule has 0 aliphatic carbocycles. The molecule has 1 aromatic carbocycles. The molecule has 9 heteroatoms. The van der Waals surface area contributed by atoms with Crippen LogP contribution in [0.3, 0.4) is 0 Å². The van der Waals surface area contributed by atoms with Crippen LogP contribution in [0.25, 0.3) is 0 Å². The predicted octanol–water partition coefficient (Wildman–Crippen LogP) is 4.62. The van der Waals surface area contributed by atoms with Crippen molar-refractivity contribution < 1.29 is 22.9 Å². The Hall–Kier alpha value is -2.32. The third-order valence-electron chi connectivity index (χ3n) is 5.85. The summed E-state index contributed by atoms with van der Waals surface area (Å²) < 4.78 is 38.7. The van der Waals surface area contributed by atoms with Gasteiger partial charge in [0.15, 0.2) is 0 Å². The number of carbonyl (C=O) groups excluding carboxylic acids is 1. The highest BCUT2D eigenvalue weighted by Gasteiger charge is 2.35. The highest BCUT2D eigenvalue weighted by molar-refractivity contribution is 5.79. The number of likely N-dealkylation sites (tertiary alicyclic amines) is 1. The van der Waals surface area contributed by atoms with Gasteiger partial charge in [0.1, 0.15) is 5.69 Å². The maximum atomic E-state index is 12.9. The number of nitro groups is 1. The minimum Gasteiger partial charge on any atom is -0.366 e. The SMILES string of the molecule is O=C(C1CCN(c2ccc(C(F)(F)F)cc2[N+](=O)[O-])CC1)N1CCCCCCC1. The number of halogens is 3. The summed E-state index contributed by atoms with van der Waals surface area (Å²) in [5.74, 6) is 0.0210. The molecule has 0 N–H and O–H groups in total. The van der Waals surface area contributed by atoms with Gasteiger partial charge in [0.2, 0.25) is 5.91 Å². The van der Waals surface area contributed by atoms with E-state index >= 15 is 0 Å². The number of piperidine rings is 1. The third-order valence-corrected chi connectivity index (χ3v) is 5.85. The van der Waals surface area contributed by atoms with Gasteiger partial charge in [0.25, 0.3) is 5.69 Å². The van der Waals surface area contributed by atoms with Gasteiger partial charge < -0.3 is 9.80 Å². The molecule has 0 atom stereocenters. The molecule has 0 aromatic heterocycles. The summed E-state index contributed by atoms with van der Waals surface area (Å²) >= 11 is 0. The van der Waals surface area contributed by atoms with E-state index in [0.29, 0.717) is 32.0 Å². The van der Waals surface area contributed by atoms with Crippen molar-refractivity contribution in [3.8, 4) is 0 Å². The molecule has 3 rings (SSSR count). The normalized spacial score (nSPS) is 19.6. The summed E-state index contributed by atoms with van der Waals surface area (Å²) in [7, 11) is 0. The van der Waals surface area contributed by atoms with Crippen molar-refractivity contribution in [2.75, 3.05) is 31.1 Å². The van der Waals surface area contributed by atoms with E-state index in [1.807, 2.05) is 4.90 Å². The minimum absolute atomic E-state index is 0.126. The smallest absolute Gasteiger partial charge is 0.366 e. The second-order valence-corrected chi connectivity index (χ2v) is 7.81. The van der Waals surface area contributed by atoms with Crippen LogP contribution < -0.4 is 4.90 Å². The zero-order valence-corrected chi connectivity index (χ0v) is 16.3. The summed E-state index contributed by atoms with van der Waals surface area (Å²) in [6.45, 7) is 2.39. The van der Waals surface area contributed by atoms with Gasteiger partial charge >= 0.3 is 6.18 Å². The van der Waals surface area contributed by atoms with Crippen LogP contribution in [0.4, 0.5) is 24.5 Å². The van der Waals surface area contributed by atoms with E-state index in [9.17, 15) is 28.1 Å². The second-order valence-electron chi connectivity index (χ2n) is 7.81. The number of rotatable bonds is 3. The van der Waals surface area contributed by atoms with Crippen LogP contribution >= 0.6 is 0 Å². The first-order valence-electron chi connectivity index (χ1n) is 10.2. The molecule has 0 unspecified atom stereocenters. The van der Waals surface area contributed by atoms with Gasteiger partial charge in [-0.1, -0.05) is 19.3 Å². The third kappa shape index (κ3) is 5.19. The minimum atomic E-state index is -4.63. The summed E-state index contributed by atoms with van der Waals surface area (Å²) in [5.41, 5.74) is -1.40. The average molecular weight is 413 g/mol. The van der Waals surface area contributed by atoms with E-state index < -0.39 is 22.4 Å². The molecule has 160 valence electrons. The molecule has 6 nitrogen and oxygen atoms in total. The van der Waals surface area contributed by atoms with Gasteiger partial charge in [-0.15, -0.1) is 0 Å². The number of benzene rings is 1. The summed E-state index contributed by atoms with van der Waals surface area (Å²) in [6, 6.07) is 2.63. The molecule has 2 aliphatic heterocycles. The van der Waals surface area contributed by atoms with Gasteiger partial charge in [-0.2, -0.15) is 13.2 Å². The van der Waals surface area contributed by atoms with E-state index in [0.717, 1.165) is 44.8 Å². The Balaban J connectivity index is 1.67. The largest absolute Gasteiger partial charge is 0.416 e. The number of alkyl halides is 3. The lowest BCUT2D eigenvalue weighted by molar-refractivity contribution is -0.384. The van der Waals surface area contributed by atoms with Gasteiger partial charge in [0.05, 0.1) is 10.5 Å². The average Bonchev–Trinajstić information content (AvgIpc) is 2.66. The number of hydrogen-bond acceptors (Lipinski definition) is 4. The molecule has 2 saturated heterocycles. The van der Waals surface area contributed by atoms with E-state index in [4.69, 9.17) is 0 Å². The Morgan fingerprint density at radius 1 is 1.00 bits per heavy atom. The molecule has 29 heavy (non-hydrogen) atoms. The monoisotopic (exact) mass is 413 g/mol. The predicted molar refractivity (Wildman–Crippen MR) is 103 cm³/mol. The molecular weight excluding hydrogens is 387 g/mol. The topological polar surface area (TPSA) is 66.7 Å². The Kier molecular flexibility index (Phi) is 6.64. The maximum absolute atomic E-state index is 12.9. The maximum Gasteiger partial charge on any atom is 0.416 e. The van der Waals surface area contributed by atoms with Gasteiger partial charge in [-0.25, -0.2) is 0 Å². The molecule has 2 heterocycles. The highest BCUT2D eigenvalue weighted by Crippen LogP contribution is 2.37. The van der Waals surface area contributed by atoms with Crippen LogP contribution in [0, 0.1) is 16.0 Å². The zero-order valence-electron chi connectivity index (χ0n) is 16.3.